The van der Waals surface area contributed by atoms with Crippen molar-refractivity contribution in [1.29, 1.82) is 0 Å². The number of allylic oxidation sites excluding steroid dienone is 1. The van der Waals surface area contributed by atoms with Crippen molar-refractivity contribution in [3.63, 3.8) is 0 Å². The van der Waals surface area contributed by atoms with Crippen LogP contribution in [-0.4, -0.2) is 18.0 Å². The maximum absolute atomic E-state index is 13.5. The standard InChI is InChI=1S/C13H15FO2S/c1-10(15)17-9-4-3-6-11-12(14)7-5-8-13(11)16-2/h3,5-8H,4,9H2,1-2H3. The molecule has 1 aromatic carbocycles. The molecule has 0 fully saturated rings. The highest BCUT2D eigenvalue weighted by Crippen LogP contribution is 2.22. The number of rotatable bonds is 5. The van der Waals surface area contributed by atoms with E-state index in [-0.39, 0.29) is 10.9 Å². The van der Waals surface area contributed by atoms with Crippen LogP contribution in [0.1, 0.15) is 18.9 Å². The van der Waals surface area contributed by atoms with E-state index in [4.69, 9.17) is 4.74 Å². The predicted molar refractivity (Wildman–Crippen MR) is 69.7 cm³/mol. The molecule has 0 spiro atoms. The summed E-state index contributed by atoms with van der Waals surface area (Å²) < 4.78 is 18.6. The average molecular weight is 254 g/mol. The summed E-state index contributed by atoms with van der Waals surface area (Å²) in [5.74, 6) is 0.920. The summed E-state index contributed by atoms with van der Waals surface area (Å²) >= 11 is 1.27. The van der Waals surface area contributed by atoms with Gasteiger partial charge in [0.05, 0.1) is 12.7 Å². The van der Waals surface area contributed by atoms with Crippen LogP contribution < -0.4 is 4.74 Å². The molecule has 0 saturated heterocycles. The zero-order valence-electron chi connectivity index (χ0n) is 9.90. The number of ether oxygens (including phenoxy) is 1. The van der Waals surface area contributed by atoms with Crippen molar-refractivity contribution in [2.45, 2.75) is 13.3 Å². The first-order valence-electron chi connectivity index (χ1n) is 5.27. The Morgan fingerprint density at radius 1 is 1.53 bits per heavy atom. The van der Waals surface area contributed by atoms with Gasteiger partial charge in [0.2, 0.25) is 0 Å². The van der Waals surface area contributed by atoms with Crippen LogP contribution in [0.25, 0.3) is 6.08 Å². The Hall–Kier alpha value is -1.29. The zero-order chi connectivity index (χ0) is 12.7. The minimum Gasteiger partial charge on any atom is -0.496 e. The highest BCUT2D eigenvalue weighted by atomic mass is 32.2. The third-order valence-electron chi connectivity index (χ3n) is 2.11. The lowest BCUT2D eigenvalue weighted by Gasteiger charge is -2.04. The lowest BCUT2D eigenvalue weighted by Crippen LogP contribution is -1.90. The Labute approximate surface area is 105 Å². The van der Waals surface area contributed by atoms with Gasteiger partial charge in [-0.15, -0.1) is 0 Å². The zero-order valence-corrected chi connectivity index (χ0v) is 10.7. The van der Waals surface area contributed by atoms with E-state index < -0.39 is 0 Å². The second-order valence-electron chi connectivity index (χ2n) is 3.39. The lowest BCUT2D eigenvalue weighted by molar-refractivity contribution is -0.109. The van der Waals surface area contributed by atoms with Crippen LogP contribution in [0.3, 0.4) is 0 Å². The fraction of sp³-hybridized carbons (Fsp3) is 0.308. The fourth-order valence-electron chi connectivity index (χ4n) is 1.33. The normalized spacial score (nSPS) is 10.8. The van der Waals surface area contributed by atoms with Crippen LogP contribution in [0.5, 0.6) is 5.75 Å². The quantitative estimate of drug-likeness (QED) is 0.752. The van der Waals surface area contributed by atoms with E-state index >= 15 is 0 Å². The Morgan fingerprint density at radius 3 is 2.94 bits per heavy atom. The molecule has 1 rings (SSSR count). The molecular weight excluding hydrogens is 239 g/mol. The summed E-state index contributed by atoms with van der Waals surface area (Å²) in [4.78, 5) is 10.7. The Kier molecular flexibility index (Phi) is 5.77. The highest BCUT2D eigenvalue weighted by Gasteiger charge is 2.04. The van der Waals surface area contributed by atoms with Gasteiger partial charge in [-0.3, -0.25) is 4.79 Å². The highest BCUT2D eigenvalue weighted by molar-refractivity contribution is 8.13. The summed E-state index contributed by atoms with van der Waals surface area (Å²) in [5.41, 5.74) is 0.447. The molecule has 1 aromatic rings. The Bertz CT molecular complexity index is 416. The van der Waals surface area contributed by atoms with Gasteiger partial charge in [0.15, 0.2) is 5.12 Å². The van der Waals surface area contributed by atoms with E-state index in [9.17, 15) is 9.18 Å². The van der Waals surface area contributed by atoms with Crippen molar-refractivity contribution >= 4 is 23.0 Å². The van der Waals surface area contributed by atoms with E-state index in [0.29, 0.717) is 17.1 Å². The third-order valence-corrected chi connectivity index (χ3v) is 2.95. The van der Waals surface area contributed by atoms with Gasteiger partial charge < -0.3 is 4.74 Å². The van der Waals surface area contributed by atoms with Crippen LogP contribution in [0, 0.1) is 5.82 Å². The van der Waals surface area contributed by atoms with Gasteiger partial charge in [0.1, 0.15) is 11.6 Å². The molecule has 92 valence electrons. The van der Waals surface area contributed by atoms with Crippen molar-refractivity contribution in [1.82, 2.24) is 0 Å². The molecule has 0 aliphatic rings. The van der Waals surface area contributed by atoms with Crippen LogP contribution in [0.15, 0.2) is 24.3 Å². The maximum Gasteiger partial charge on any atom is 0.185 e. The summed E-state index contributed by atoms with van der Waals surface area (Å²) in [7, 11) is 1.51. The summed E-state index contributed by atoms with van der Waals surface area (Å²) in [6.07, 6.45) is 4.26. The van der Waals surface area contributed by atoms with Crippen molar-refractivity contribution in [3.8, 4) is 5.75 Å². The van der Waals surface area contributed by atoms with E-state index in [1.54, 1.807) is 18.2 Å². The number of hydrogen-bond acceptors (Lipinski definition) is 3. The molecule has 0 radical (unpaired) electrons. The number of halogens is 1. The summed E-state index contributed by atoms with van der Waals surface area (Å²) in [5, 5.41) is 0.0990. The largest absolute Gasteiger partial charge is 0.496 e. The van der Waals surface area contributed by atoms with Gasteiger partial charge in [-0.1, -0.05) is 30.0 Å². The van der Waals surface area contributed by atoms with Gasteiger partial charge >= 0.3 is 0 Å². The maximum atomic E-state index is 13.5. The topological polar surface area (TPSA) is 26.3 Å². The first-order valence-corrected chi connectivity index (χ1v) is 6.26. The smallest absolute Gasteiger partial charge is 0.185 e. The molecule has 0 unspecified atom stereocenters. The monoisotopic (exact) mass is 254 g/mol. The van der Waals surface area contributed by atoms with Crippen LogP contribution >= 0.6 is 11.8 Å². The number of carbonyl (C=O) groups excluding carboxylic acids is 1. The van der Waals surface area contributed by atoms with E-state index in [0.717, 1.165) is 6.42 Å². The number of carbonyl (C=O) groups is 1. The number of benzene rings is 1. The van der Waals surface area contributed by atoms with E-state index in [1.807, 2.05) is 6.08 Å². The van der Waals surface area contributed by atoms with Crippen LogP contribution in [-0.2, 0) is 4.79 Å². The Balaban J connectivity index is 2.61. The van der Waals surface area contributed by atoms with Crippen molar-refractivity contribution in [2.24, 2.45) is 0 Å². The molecule has 0 aromatic heterocycles. The van der Waals surface area contributed by atoms with E-state index in [1.165, 1.54) is 31.9 Å². The Morgan fingerprint density at radius 2 is 2.29 bits per heavy atom. The predicted octanol–water partition coefficient (Wildman–Crippen LogP) is 3.52. The lowest BCUT2D eigenvalue weighted by atomic mass is 10.1. The molecule has 17 heavy (non-hydrogen) atoms. The average Bonchev–Trinajstić information content (AvgIpc) is 2.30. The van der Waals surface area contributed by atoms with Gasteiger partial charge in [-0.2, -0.15) is 0 Å². The fourth-order valence-corrected chi connectivity index (χ4v) is 1.87. The molecule has 0 aliphatic heterocycles. The molecule has 0 atom stereocenters. The SMILES string of the molecule is COc1cccc(F)c1C=CCCSC(C)=O. The molecule has 0 N–H and O–H groups in total. The van der Waals surface area contributed by atoms with Gasteiger partial charge in [0.25, 0.3) is 0 Å². The van der Waals surface area contributed by atoms with Crippen LogP contribution in [0.2, 0.25) is 0 Å². The molecule has 2 nitrogen and oxygen atoms in total. The van der Waals surface area contributed by atoms with Gasteiger partial charge in [-0.05, 0) is 18.6 Å². The first kappa shape index (κ1) is 13.8. The number of methoxy groups -OCH3 is 1. The molecule has 4 heteroatoms. The first-order chi connectivity index (χ1) is 8.15. The van der Waals surface area contributed by atoms with Crippen molar-refractivity contribution in [3.05, 3.63) is 35.7 Å². The van der Waals surface area contributed by atoms with Gasteiger partial charge in [-0.25, -0.2) is 4.39 Å². The molecule has 0 aliphatic carbocycles. The number of thioether (sulfide) groups is 1. The number of hydrogen-bond donors (Lipinski definition) is 0. The molecule has 0 saturated carbocycles. The minimum atomic E-state index is -0.306. The van der Waals surface area contributed by atoms with E-state index in [2.05, 4.69) is 0 Å². The molecule has 0 bridgehead atoms. The van der Waals surface area contributed by atoms with Crippen molar-refractivity contribution < 1.29 is 13.9 Å². The third kappa shape index (κ3) is 4.61. The summed E-state index contributed by atoms with van der Waals surface area (Å²) in [6, 6.07) is 4.72. The van der Waals surface area contributed by atoms with Crippen LogP contribution in [0.4, 0.5) is 4.39 Å². The van der Waals surface area contributed by atoms with Crippen molar-refractivity contribution in [2.75, 3.05) is 12.9 Å². The molecule has 0 heterocycles. The summed E-state index contributed by atoms with van der Waals surface area (Å²) in [6.45, 7) is 1.54. The molecular formula is C13H15FO2S. The minimum absolute atomic E-state index is 0.0990. The van der Waals surface area contributed by atoms with Gasteiger partial charge in [0, 0.05) is 12.7 Å². The second-order valence-corrected chi connectivity index (χ2v) is 4.66. The second kappa shape index (κ2) is 7.12. The molecule has 0 amide bonds.